The Morgan fingerprint density at radius 1 is 1.65 bits per heavy atom. The first kappa shape index (κ1) is 11.5. The summed E-state index contributed by atoms with van der Waals surface area (Å²) in [6.45, 7) is 2.45. The van der Waals surface area contributed by atoms with Gasteiger partial charge in [-0.05, 0) is 6.92 Å². The molecule has 17 heavy (non-hydrogen) atoms. The second kappa shape index (κ2) is 4.91. The molecule has 2 aromatic heterocycles. The van der Waals surface area contributed by atoms with Crippen molar-refractivity contribution >= 4 is 23.2 Å². The summed E-state index contributed by atoms with van der Waals surface area (Å²) in [5, 5.41) is 9.47. The SMILES string of the molecule is Cc1nc(CNC(=O)Cn2cnc(N)n2)cs1. The number of carbonyl (C=O) groups is 1. The van der Waals surface area contributed by atoms with Crippen molar-refractivity contribution in [3.63, 3.8) is 0 Å². The topological polar surface area (TPSA) is 98.7 Å². The van der Waals surface area contributed by atoms with Gasteiger partial charge in [0.25, 0.3) is 0 Å². The van der Waals surface area contributed by atoms with Crippen molar-refractivity contribution in [1.82, 2.24) is 25.1 Å². The van der Waals surface area contributed by atoms with E-state index >= 15 is 0 Å². The molecule has 0 aliphatic heterocycles. The zero-order valence-electron chi connectivity index (χ0n) is 9.25. The van der Waals surface area contributed by atoms with E-state index in [-0.39, 0.29) is 18.4 Å². The molecule has 1 amide bonds. The molecule has 8 heteroatoms. The van der Waals surface area contributed by atoms with Crippen LogP contribution in [0.2, 0.25) is 0 Å². The summed E-state index contributed by atoms with van der Waals surface area (Å²) < 4.78 is 1.39. The minimum atomic E-state index is -0.152. The predicted octanol–water partition coefficient (Wildman–Crippen LogP) is -0.0584. The van der Waals surface area contributed by atoms with Gasteiger partial charge in [-0.2, -0.15) is 0 Å². The van der Waals surface area contributed by atoms with Gasteiger partial charge in [0.2, 0.25) is 11.9 Å². The van der Waals surface area contributed by atoms with Crippen LogP contribution in [0, 0.1) is 6.92 Å². The van der Waals surface area contributed by atoms with E-state index in [1.165, 1.54) is 11.0 Å². The maximum atomic E-state index is 11.5. The minimum absolute atomic E-state index is 0.104. The monoisotopic (exact) mass is 252 g/mol. The molecule has 0 spiro atoms. The quantitative estimate of drug-likeness (QED) is 0.794. The molecule has 2 heterocycles. The average Bonchev–Trinajstić information content (AvgIpc) is 2.85. The largest absolute Gasteiger partial charge is 0.367 e. The van der Waals surface area contributed by atoms with Gasteiger partial charge in [-0.3, -0.25) is 4.79 Å². The van der Waals surface area contributed by atoms with Crippen molar-refractivity contribution in [3.8, 4) is 0 Å². The zero-order valence-corrected chi connectivity index (χ0v) is 10.1. The van der Waals surface area contributed by atoms with Crippen molar-refractivity contribution < 1.29 is 4.79 Å². The lowest BCUT2D eigenvalue weighted by atomic mass is 10.4. The molecule has 2 rings (SSSR count). The Labute approximate surface area is 102 Å². The Balaban J connectivity index is 1.82. The molecular weight excluding hydrogens is 240 g/mol. The number of hydrogen-bond donors (Lipinski definition) is 2. The van der Waals surface area contributed by atoms with E-state index in [9.17, 15) is 4.79 Å². The van der Waals surface area contributed by atoms with Crippen molar-refractivity contribution in [1.29, 1.82) is 0 Å². The molecule has 90 valence electrons. The zero-order chi connectivity index (χ0) is 12.3. The molecule has 7 nitrogen and oxygen atoms in total. The normalized spacial score (nSPS) is 10.4. The molecular formula is C9H12N6OS. The van der Waals surface area contributed by atoms with E-state index in [0.717, 1.165) is 10.7 Å². The number of amides is 1. The van der Waals surface area contributed by atoms with E-state index in [2.05, 4.69) is 20.4 Å². The van der Waals surface area contributed by atoms with Crippen LogP contribution in [-0.2, 0) is 17.9 Å². The highest BCUT2D eigenvalue weighted by molar-refractivity contribution is 7.09. The molecule has 0 saturated heterocycles. The fourth-order valence-electron chi connectivity index (χ4n) is 1.27. The summed E-state index contributed by atoms with van der Waals surface area (Å²) in [6, 6.07) is 0. The summed E-state index contributed by atoms with van der Waals surface area (Å²) in [6.07, 6.45) is 1.42. The summed E-state index contributed by atoms with van der Waals surface area (Å²) >= 11 is 1.56. The number of nitrogens with two attached hydrogens (primary N) is 1. The number of nitrogens with zero attached hydrogens (tertiary/aromatic N) is 4. The third-order valence-corrected chi connectivity index (χ3v) is 2.82. The van der Waals surface area contributed by atoms with Gasteiger partial charge in [0.15, 0.2) is 0 Å². The maximum absolute atomic E-state index is 11.5. The highest BCUT2D eigenvalue weighted by atomic mass is 32.1. The van der Waals surface area contributed by atoms with Gasteiger partial charge in [0, 0.05) is 5.38 Å². The molecule has 0 saturated carbocycles. The fourth-order valence-corrected chi connectivity index (χ4v) is 1.88. The average molecular weight is 252 g/mol. The second-order valence-electron chi connectivity index (χ2n) is 3.43. The van der Waals surface area contributed by atoms with Gasteiger partial charge in [-0.25, -0.2) is 14.6 Å². The lowest BCUT2D eigenvalue weighted by Gasteiger charge is -2.02. The Kier molecular flexibility index (Phi) is 3.33. The molecule has 0 bridgehead atoms. The Hall–Kier alpha value is -1.96. The Morgan fingerprint density at radius 3 is 3.06 bits per heavy atom. The van der Waals surface area contributed by atoms with Gasteiger partial charge in [0.05, 0.1) is 17.2 Å². The first-order valence-corrected chi connectivity index (χ1v) is 5.84. The van der Waals surface area contributed by atoms with Gasteiger partial charge in [0.1, 0.15) is 12.9 Å². The minimum Gasteiger partial charge on any atom is -0.367 e. The van der Waals surface area contributed by atoms with E-state index in [4.69, 9.17) is 5.73 Å². The fraction of sp³-hybridized carbons (Fsp3) is 0.333. The van der Waals surface area contributed by atoms with E-state index in [0.29, 0.717) is 6.54 Å². The number of carbonyl (C=O) groups excluding carboxylic acids is 1. The molecule has 0 aromatic carbocycles. The molecule has 0 atom stereocenters. The van der Waals surface area contributed by atoms with Crippen LogP contribution in [-0.4, -0.2) is 25.7 Å². The van der Waals surface area contributed by atoms with Crippen LogP contribution >= 0.6 is 11.3 Å². The summed E-state index contributed by atoms with van der Waals surface area (Å²) in [5.74, 6) is 0.00785. The first-order chi connectivity index (χ1) is 8.13. The molecule has 0 fully saturated rings. The smallest absolute Gasteiger partial charge is 0.242 e. The van der Waals surface area contributed by atoms with E-state index < -0.39 is 0 Å². The van der Waals surface area contributed by atoms with Crippen LogP contribution in [0.3, 0.4) is 0 Å². The molecule has 0 aliphatic carbocycles. The number of anilines is 1. The highest BCUT2D eigenvalue weighted by Crippen LogP contribution is 2.07. The predicted molar refractivity (Wildman–Crippen MR) is 63.1 cm³/mol. The maximum Gasteiger partial charge on any atom is 0.242 e. The first-order valence-electron chi connectivity index (χ1n) is 4.96. The van der Waals surface area contributed by atoms with Crippen LogP contribution in [0.5, 0.6) is 0 Å². The Bertz CT molecular complexity index is 519. The number of nitrogens with one attached hydrogen (secondary N) is 1. The number of thiazole rings is 1. The standard InChI is InChI=1S/C9H12N6OS/c1-6-13-7(4-17-6)2-11-8(16)3-15-5-12-9(10)14-15/h4-5H,2-3H2,1H3,(H2,10,14)(H,11,16). The van der Waals surface area contributed by atoms with Crippen LogP contribution in [0.25, 0.3) is 0 Å². The van der Waals surface area contributed by atoms with Gasteiger partial charge >= 0.3 is 0 Å². The highest BCUT2D eigenvalue weighted by Gasteiger charge is 2.05. The number of hydrogen-bond acceptors (Lipinski definition) is 6. The Morgan fingerprint density at radius 2 is 2.47 bits per heavy atom. The lowest BCUT2D eigenvalue weighted by molar-refractivity contribution is -0.122. The van der Waals surface area contributed by atoms with Crippen molar-refractivity contribution in [3.05, 3.63) is 22.4 Å². The molecule has 0 unspecified atom stereocenters. The second-order valence-corrected chi connectivity index (χ2v) is 4.50. The van der Waals surface area contributed by atoms with Crippen LogP contribution in [0.1, 0.15) is 10.7 Å². The molecule has 2 aromatic rings. The van der Waals surface area contributed by atoms with E-state index in [1.807, 2.05) is 12.3 Å². The summed E-state index contributed by atoms with van der Waals surface area (Å²) in [4.78, 5) is 19.5. The summed E-state index contributed by atoms with van der Waals surface area (Å²) in [5.41, 5.74) is 6.20. The van der Waals surface area contributed by atoms with Gasteiger partial charge in [-0.1, -0.05) is 0 Å². The third-order valence-electron chi connectivity index (χ3n) is 1.99. The molecule has 0 aliphatic rings. The van der Waals surface area contributed by atoms with Gasteiger partial charge in [-0.15, -0.1) is 16.4 Å². The number of nitrogen functional groups attached to an aromatic ring is 1. The molecule has 3 N–H and O–H groups in total. The van der Waals surface area contributed by atoms with Crippen molar-refractivity contribution in [2.75, 3.05) is 5.73 Å². The van der Waals surface area contributed by atoms with Crippen LogP contribution in [0.4, 0.5) is 5.95 Å². The number of aryl methyl sites for hydroxylation is 1. The number of rotatable bonds is 4. The third kappa shape index (κ3) is 3.25. The van der Waals surface area contributed by atoms with Crippen LogP contribution in [0.15, 0.2) is 11.7 Å². The van der Waals surface area contributed by atoms with Gasteiger partial charge < -0.3 is 11.1 Å². The van der Waals surface area contributed by atoms with Crippen molar-refractivity contribution in [2.24, 2.45) is 0 Å². The number of aromatic nitrogens is 4. The van der Waals surface area contributed by atoms with Crippen LogP contribution < -0.4 is 11.1 Å². The van der Waals surface area contributed by atoms with Crippen molar-refractivity contribution in [2.45, 2.75) is 20.0 Å². The lowest BCUT2D eigenvalue weighted by Crippen LogP contribution is -2.27. The summed E-state index contributed by atoms with van der Waals surface area (Å²) in [7, 11) is 0. The molecule has 0 radical (unpaired) electrons. The van der Waals surface area contributed by atoms with E-state index in [1.54, 1.807) is 11.3 Å².